The maximum atomic E-state index is 11.4. The monoisotopic (exact) mass is 261 g/mol. The molecule has 1 amide bonds. The van der Waals surface area contributed by atoms with Crippen molar-refractivity contribution in [1.82, 2.24) is 5.32 Å². The van der Waals surface area contributed by atoms with Crippen LogP contribution < -0.4 is 5.32 Å². The fourth-order valence-electron chi connectivity index (χ4n) is 1.34. The van der Waals surface area contributed by atoms with E-state index < -0.39 is 23.7 Å². The van der Waals surface area contributed by atoms with Crippen LogP contribution >= 0.6 is 0 Å². The normalized spacial score (nSPS) is 12.9. The first-order chi connectivity index (χ1) is 8.26. The van der Waals surface area contributed by atoms with Crippen molar-refractivity contribution in [2.75, 3.05) is 6.61 Å². The van der Waals surface area contributed by atoms with Gasteiger partial charge in [0.2, 0.25) is 0 Å². The minimum Gasteiger partial charge on any atom is -0.480 e. The molecular formula is C12H23NO5. The molecule has 106 valence electrons. The summed E-state index contributed by atoms with van der Waals surface area (Å²) < 4.78 is 4.99. The van der Waals surface area contributed by atoms with E-state index in [-0.39, 0.29) is 6.61 Å². The number of carbonyl (C=O) groups excluding carboxylic acids is 1. The highest BCUT2D eigenvalue weighted by Crippen LogP contribution is 2.08. The maximum absolute atomic E-state index is 11.4. The molecule has 0 saturated carbocycles. The molecule has 0 radical (unpaired) electrons. The lowest BCUT2D eigenvalue weighted by molar-refractivity contribution is -0.139. The van der Waals surface area contributed by atoms with Crippen LogP contribution in [0.5, 0.6) is 0 Å². The zero-order valence-electron chi connectivity index (χ0n) is 11.2. The first kappa shape index (κ1) is 16.7. The molecule has 6 heteroatoms. The predicted molar refractivity (Wildman–Crippen MR) is 66.3 cm³/mol. The van der Waals surface area contributed by atoms with Gasteiger partial charge in [-0.05, 0) is 33.6 Å². The van der Waals surface area contributed by atoms with Crippen molar-refractivity contribution >= 4 is 12.1 Å². The number of carboxylic acids is 1. The van der Waals surface area contributed by atoms with Crippen LogP contribution in [-0.2, 0) is 9.53 Å². The Hall–Kier alpha value is -1.30. The summed E-state index contributed by atoms with van der Waals surface area (Å²) in [6, 6.07) is -0.946. The second-order valence-electron chi connectivity index (χ2n) is 5.11. The highest BCUT2D eigenvalue weighted by atomic mass is 16.6. The first-order valence-electron chi connectivity index (χ1n) is 6.09. The Morgan fingerprint density at radius 1 is 1.22 bits per heavy atom. The van der Waals surface area contributed by atoms with Crippen molar-refractivity contribution in [2.24, 2.45) is 0 Å². The Labute approximate surface area is 107 Å². The largest absolute Gasteiger partial charge is 0.480 e. The summed E-state index contributed by atoms with van der Waals surface area (Å²) in [7, 11) is 0. The summed E-state index contributed by atoms with van der Waals surface area (Å²) in [5.41, 5.74) is -0.649. The zero-order chi connectivity index (χ0) is 14.2. The maximum Gasteiger partial charge on any atom is 0.408 e. The molecule has 0 bridgehead atoms. The molecule has 1 atom stereocenters. The predicted octanol–water partition coefficient (Wildman–Crippen LogP) is 1.52. The van der Waals surface area contributed by atoms with Gasteiger partial charge in [0, 0.05) is 6.61 Å². The Morgan fingerprint density at radius 3 is 2.28 bits per heavy atom. The third-order valence-electron chi connectivity index (χ3n) is 2.14. The average Bonchev–Trinajstić information content (AvgIpc) is 2.19. The van der Waals surface area contributed by atoms with Crippen molar-refractivity contribution in [3.05, 3.63) is 0 Å². The molecule has 0 aliphatic rings. The molecule has 0 aromatic rings. The lowest BCUT2D eigenvalue weighted by atomic mass is 10.1. The van der Waals surface area contributed by atoms with Gasteiger partial charge < -0.3 is 20.3 Å². The number of rotatable bonds is 7. The second-order valence-corrected chi connectivity index (χ2v) is 5.11. The highest BCUT2D eigenvalue weighted by Gasteiger charge is 2.23. The van der Waals surface area contributed by atoms with E-state index in [9.17, 15) is 9.59 Å². The van der Waals surface area contributed by atoms with Crippen LogP contribution in [0.1, 0.15) is 46.5 Å². The fraction of sp³-hybridized carbons (Fsp3) is 0.833. The minimum absolute atomic E-state index is 0.0945. The average molecular weight is 261 g/mol. The number of aliphatic carboxylic acids is 1. The summed E-state index contributed by atoms with van der Waals surface area (Å²) in [5, 5.41) is 19.9. The summed E-state index contributed by atoms with van der Waals surface area (Å²) in [6.45, 7) is 5.23. The Bertz CT molecular complexity index is 272. The lowest BCUT2D eigenvalue weighted by Crippen LogP contribution is -2.43. The topological polar surface area (TPSA) is 95.9 Å². The van der Waals surface area contributed by atoms with Crippen molar-refractivity contribution in [2.45, 2.75) is 58.1 Å². The van der Waals surface area contributed by atoms with Crippen LogP contribution in [0.25, 0.3) is 0 Å². The molecular weight excluding hydrogens is 238 g/mol. The van der Waals surface area contributed by atoms with Crippen LogP contribution in [0, 0.1) is 0 Å². The minimum atomic E-state index is -1.08. The third-order valence-corrected chi connectivity index (χ3v) is 2.14. The van der Waals surface area contributed by atoms with Crippen LogP contribution in [0.15, 0.2) is 0 Å². The van der Waals surface area contributed by atoms with E-state index in [1.54, 1.807) is 20.8 Å². The third kappa shape index (κ3) is 8.81. The number of amides is 1. The van der Waals surface area contributed by atoms with Crippen molar-refractivity contribution in [1.29, 1.82) is 0 Å². The molecule has 0 heterocycles. The van der Waals surface area contributed by atoms with Crippen molar-refractivity contribution in [3.63, 3.8) is 0 Å². The molecule has 0 aromatic heterocycles. The number of aliphatic hydroxyl groups excluding tert-OH is 1. The number of carbonyl (C=O) groups is 2. The van der Waals surface area contributed by atoms with Crippen LogP contribution in [0.4, 0.5) is 4.79 Å². The van der Waals surface area contributed by atoms with Crippen molar-refractivity contribution in [3.8, 4) is 0 Å². The molecule has 1 unspecified atom stereocenters. The number of alkyl carbamates (subject to hydrolysis) is 1. The van der Waals surface area contributed by atoms with Gasteiger partial charge in [-0.15, -0.1) is 0 Å². The number of aliphatic hydroxyl groups is 1. The number of nitrogens with one attached hydrogen (secondary N) is 1. The van der Waals surface area contributed by atoms with Crippen LogP contribution in [0.2, 0.25) is 0 Å². The quantitative estimate of drug-likeness (QED) is 0.604. The smallest absolute Gasteiger partial charge is 0.408 e. The van der Waals surface area contributed by atoms with Gasteiger partial charge in [-0.2, -0.15) is 0 Å². The molecule has 6 nitrogen and oxygen atoms in total. The standard InChI is InChI=1S/C12H23NO5/c1-12(2,3)18-11(17)13-9(10(15)16)7-5-4-6-8-14/h9,14H,4-8H2,1-3H3,(H,13,17)(H,15,16). The number of hydrogen-bond acceptors (Lipinski definition) is 4. The van der Waals surface area contributed by atoms with Gasteiger partial charge in [0.1, 0.15) is 11.6 Å². The van der Waals surface area contributed by atoms with E-state index in [4.69, 9.17) is 14.9 Å². The number of ether oxygens (including phenoxy) is 1. The summed E-state index contributed by atoms with van der Waals surface area (Å²) in [5.74, 6) is -1.08. The summed E-state index contributed by atoms with van der Waals surface area (Å²) in [4.78, 5) is 22.4. The second kappa shape index (κ2) is 7.92. The Morgan fingerprint density at radius 2 is 1.83 bits per heavy atom. The molecule has 0 spiro atoms. The van der Waals surface area contributed by atoms with Gasteiger partial charge in [0.15, 0.2) is 0 Å². The van der Waals surface area contributed by atoms with Crippen molar-refractivity contribution < 1.29 is 24.5 Å². The van der Waals surface area contributed by atoms with Gasteiger partial charge in [-0.1, -0.05) is 12.8 Å². The molecule has 0 rings (SSSR count). The van der Waals surface area contributed by atoms with E-state index in [1.807, 2.05) is 0 Å². The summed E-state index contributed by atoms with van der Waals surface area (Å²) >= 11 is 0. The van der Waals surface area contributed by atoms with Crippen LogP contribution in [-0.4, -0.2) is 40.5 Å². The van der Waals surface area contributed by atoms with E-state index in [2.05, 4.69) is 5.32 Å². The lowest BCUT2D eigenvalue weighted by Gasteiger charge is -2.22. The molecule has 18 heavy (non-hydrogen) atoms. The molecule has 0 saturated heterocycles. The summed E-state index contributed by atoms with van der Waals surface area (Å²) in [6.07, 6.45) is 1.61. The SMILES string of the molecule is CC(C)(C)OC(=O)NC(CCCCCO)C(=O)O. The van der Waals surface area contributed by atoms with E-state index >= 15 is 0 Å². The molecule has 0 fully saturated rings. The molecule has 0 aromatic carbocycles. The van der Waals surface area contributed by atoms with Crippen LogP contribution in [0.3, 0.4) is 0 Å². The van der Waals surface area contributed by atoms with Gasteiger partial charge in [-0.3, -0.25) is 0 Å². The molecule has 0 aliphatic carbocycles. The Balaban J connectivity index is 4.11. The number of unbranched alkanes of at least 4 members (excludes halogenated alkanes) is 2. The number of carboxylic acid groups (broad SMARTS) is 1. The molecule has 0 aliphatic heterocycles. The van der Waals surface area contributed by atoms with Gasteiger partial charge in [0.25, 0.3) is 0 Å². The van der Waals surface area contributed by atoms with E-state index in [1.165, 1.54) is 0 Å². The Kier molecular flexibility index (Phi) is 7.35. The highest BCUT2D eigenvalue weighted by molar-refractivity contribution is 5.79. The van der Waals surface area contributed by atoms with Gasteiger partial charge in [0.05, 0.1) is 0 Å². The zero-order valence-corrected chi connectivity index (χ0v) is 11.2. The first-order valence-corrected chi connectivity index (χ1v) is 6.09. The van der Waals surface area contributed by atoms with E-state index in [0.29, 0.717) is 19.3 Å². The fourth-order valence-corrected chi connectivity index (χ4v) is 1.34. The molecule has 3 N–H and O–H groups in total. The van der Waals surface area contributed by atoms with Gasteiger partial charge >= 0.3 is 12.1 Å². The van der Waals surface area contributed by atoms with Gasteiger partial charge in [-0.25, -0.2) is 9.59 Å². The van der Waals surface area contributed by atoms with E-state index in [0.717, 1.165) is 6.42 Å². The number of hydrogen-bond donors (Lipinski definition) is 3.